The van der Waals surface area contributed by atoms with Crippen LogP contribution < -0.4 is 10.1 Å². The summed E-state index contributed by atoms with van der Waals surface area (Å²) >= 11 is 0. The van der Waals surface area contributed by atoms with Crippen molar-refractivity contribution in [3.05, 3.63) is 59.2 Å². The summed E-state index contributed by atoms with van der Waals surface area (Å²) in [5, 5.41) is 12.1. The Morgan fingerprint density at radius 3 is 2.75 bits per heavy atom. The van der Waals surface area contributed by atoms with Gasteiger partial charge in [0.25, 0.3) is 0 Å². The Balaban J connectivity index is 1.44. The Bertz CT molecular complexity index is 879. The van der Waals surface area contributed by atoms with Gasteiger partial charge in [0.2, 0.25) is 5.91 Å². The third kappa shape index (κ3) is 4.02. The van der Waals surface area contributed by atoms with Crippen LogP contribution in [0.1, 0.15) is 40.7 Å². The molecule has 2 aliphatic heterocycles. The van der Waals surface area contributed by atoms with Crippen molar-refractivity contribution in [3.63, 3.8) is 0 Å². The van der Waals surface area contributed by atoms with Crippen molar-refractivity contribution in [1.29, 1.82) is 0 Å². The highest BCUT2D eigenvalue weighted by Gasteiger charge is 2.29. The standard InChI is InChI=1S/C22H24N2O4/c25-21(23-18-8-9-20-17(13-18)10-12-28-20)19-3-1-2-11-24(19)14-15-4-6-16(7-5-15)22(26)27/h4-9,13,19H,1-3,10-12,14H2,(H,23,25)(H,26,27). The van der Waals surface area contributed by atoms with Gasteiger partial charge in [-0.25, -0.2) is 4.79 Å². The number of carbonyl (C=O) groups excluding carboxylic acids is 1. The molecule has 2 heterocycles. The molecule has 1 fully saturated rings. The van der Waals surface area contributed by atoms with Crippen LogP contribution in [0.2, 0.25) is 0 Å². The van der Waals surface area contributed by atoms with E-state index in [0.717, 1.165) is 54.8 Å². The molecule has 0 bridgehead atoms. The number of carbonyl (C=O) groups is 2. The molecule has 0 radical (unpaired) electrons. The van der Waals surface area contributed by atoms with Gasteiger partial charge in [0, 0.05) is 18.7 Å². The lowest BCUT2D eigenvalue weighted by Crippen LogP contribution is -2.46. The highest BCUT2D eigenvalue weighted by atomic mass is 16.5. The lowest BCUT2D eigenvalue weighted by atomic mass is 10.00. The van der Waals surface area contributed by atoms with Gasteiger partial charge >= 0.3 is 5.97 Å². The largest absolute Gasteiger partial charge is 0.493 e. The van der Waals surface area contributed by atoms with Crippen LogP contribution in [0.15, 0.2) is 42.5 Å². The fraction of sp³-hybridized carbons (Fsp3) is 0.364. The number of carboxylic acid groups (broad SMARTS) is 1. The molecule has 2 N–H and O–H groups in total. The molecule has 2 aliphatic rings. The smallest absolute Gasteiger partial charge is 0.335 e. The van der Waals surface area contributed by atoms with Crippen LogP contribution in [0.3, 0.4) is 0 Å². The van der Waals surface area contributed by atoms with E-state index >= 15 is 0 Å². The van der Waals surface area contributed by atoms with Gasteiger partial charge in [-0.15, -0.1) is 0 Å². The highest BCUT2D eigenvalue weighted by Crippen LogP contribution is 2.28. The summed E-state index contributed by atoms with van der Waals surface area (Å²) in [5.41, 5.74) is 3.24. The number of likely N-dealkylation sites (tertiary alicyclic amines) is 1. The van der Waals surface area contributed by atoms with Crippen LogP contribution in [-0.2, 0) is 17.8 Å². The number of benzene rings is 2. The number of carboxylic acids is 1. The lowest BCUT2D eigenvalue weighted by Gasteiger charge is -2.34. The molecule has 1 amide bonds. The topological polar surface area (TPSA) is 78.9 Å². The number of rotatable bonds is 5. The molecule has 0 aliphatic carbocycles. The Morgan fingerprint density at radius 1 is 1.14 bits per heavy atom. The monoisotopic (exact) mass is 380 g/mol. The van der Waals surface area contributed by atoms with E-state index in [0.29, 0.717) is 13.2 Å². The van der Waals surface area contributed by atoms with E-state index in [2.05, 4.69) is 10.2 Å². The van der Waals surface area contributed by atoms with Crippen LogP contribution in [0.25, 0.3) is 0 Å². The minimum Gasteiger partial charge on any atom is -0.493 e. The Labute approximate surface area is 164 Å². The number of hydrogen-bond donors (Lipinski definition) is 2. The maximum Gasteiger partial charge on any atom is 0.335 e. The highest BCUT2D eigenvalue weighted by molar-refractivity contribution is 5.95. The van der Waals surface area contributed by atoms with Gasteiger partial charge in [-0.2, -0.15) is 0 Å². The molecule has 6 heteroatoms. The van der Waals surface area contributed by atoms with E-state index in [4.69, 9.17) is 9.84 Å². The SMILES string of the molecule is O=C(O)c1ccc(CN2CCCCC2C(=O)Nc2ccc3c(c2)CCO3)cc1. The van der Waals surface area contributed by atoms with E-state index in [-0.39, 0.29) is 17.5 Å². The summed E-state index contributed by atoms with van der Waals surface area (Å²) in [5.74, 6) is -0.00987. The van der Waals surface area contributed by atoms with Crippen molar-refractivity contribution in [2.24, 2.45) is 0 Å². The van der Waals surface area contributed by atoms with Gasteiger partial charge in [0.1, 0.15) is 5.75 Å². The molecule has 0 spiro atoms. The van der Waals surface area contributed by atoms with E-state index in [1.54, 1.807) is 12.1 Å². The Hall–Kier alpha value is -2.86. The van der Waals surface area contributed by atoms with E-state index in [1.165, 1.54) is 0 Å². The summed E-state index contributed by atoms with van der Waals surface area (Å²) in [4.78, 5) is 26.2. The molecule has 6 nitrogen and oxygen atoms in total. The van der Waals surface area contributed by atoms with Gasteiger partial charge < -0.3 is 15.2 Å². The van der Waals surface area contributed by atoms with E-state index < -0.39 is 5.97 Å². The fourth-order valence-electron chi connectivity index (χ4n) is 3.95. The summed E-state index contributed by atoms with van der Waals surface area (Å²) in [6, 6.07) is 12.5. The van der Waals surface area contributed by atoms with Crippen molar-refractivity contribution in [2.45, 2.75) is 38.3 Å². The first kappa shape index (κ1) is 18.5. The first-order chi connectivity index (χ1) is 13.6. The molecular weight excluding hydrogens is 356 g/mol. The Kier molecular flexibility index (Phi) is 5.30. The van der Waals surface area contributed by atoms with Crippen molar-refractivity contribution in [2.75, 3.05) is 18.5 Å². The molecule has 1 atom stereocenters. The van der Waals surface area contributed by atoms with Crippen molar-refractivity contribution >= 4 is 17.6 Å². The number of aromatic carboxylic acids is 1. The zero-order chi connectivity index (χ0) is 19.5. The van der Waals surface area contributed by atoms with Crippen LogP contribution in [-0.4, -0.2) is 41.1 Å². The molecule has 1 saturated heterocycles. The molecule has 2 aromatic carbocycles. The van der Waals surface area contributed by atoms with Crippen molar-refractivity contribution in [3.8, 4) is 5.75 Å². The number of amides is 1. The first-order valence-electron chi connectivity index (χ1n) is 9.73. The number of hydrogen-bond acceptors (Lipinski definition) is 4. The molecule has 4 rings (SSSR count). The molecule has 28 heavy (non-hydrogen) atoms. The maximum absolute atomic E-state index is 12.9. The fourth-order valence-corrected chi connectivity index (χ4v) is 3.95. The molecule has 0 saturated carbocycles. The minimum atomic E-state index is -0.929. The van der Waals surface area contributed by atoms with Crippen LogP contribution in [0.5, 0.6) is 5.75 Å². The molecule has 2 aromatic rings. The summed E-state index contributed by atoms with van der Waals surface area (Å²) in [7, 11) is 0. The van der Waals surface area contributed by atoms with Crippen LogP contribution >= 0.6 is 0 Å². The van der Waals surface area contributed by atoms with Gasteiger partial charge in [0.05, 0.1) is 18.2 Å². The summed E-state index contributed by atoms with van der Waals surface area (Å²) in [6.07, 6.45) is 3.80. The van der Waals surface area contributed by atoms with Gasteiger partial charge in [-0.05, 0) is 60.8 Å². The average Bonchev–Trinajstić information content (AvgIpc) is 3.16. The van der Waals surface area contributed by atoms with E-state index in [9.17, 15) is 9.59 Å². The lowest BCUT2D eigenvalue weighted by molar-refractivity contribution is -0.122. The van der Waals surface area contributed by atoms with Crippen LogP contribution in [0.4, 0.5) is 5.69 Å². The van der Waals surface area contributed by atoms with Crippen molar-refractivity contribution < 1.29 is 19.4 Å². The number of nitrogens with one attached hydrogen (secondary N) is 1. The minimum absolute atomic E-state index is 0.0146. The molecule has 0 aromatic heterocycles. The number of nitrogens with zero attached hydrogens (tertiary/aromatic N) is 1. The number of ether oxygens (including phenoxy) is 1. The summed E-state index contributed by atoms with van der Waals surface area (Å²) in [6.45, 7) is 2.19. The van der Waals surface area contributed by atoms with Crippen molar-refractivity contribution in [1.82, 2.24) is 4.90 Å². The number of anilines is 1. The zero-order valence-electron chi connectivity index (χ0n) is 15.7. The molecule has 146 valence electrons. The maximum atomic E-state index is 12.9. The second-order valence-corrected chi connectivity index (χ2v) is 7.39. The molecule has 1 unspecified atom stereocenters. The zero-order valence-corrected chi connectivity index (χ0v) is 15.7. The molecular formula is C22H24N2O4. The number of piperidine rings is 1. The predicted molar refractivity (Wildman–Crippen MR) is 106 cm³/mol. The number of fused-ring (bicyclic) bond motifs is 1. The second kappa shape index (κ2) is 8.02. The normalized spacial score (nSPS) is 18.9. The Morgan fingerprint density at radius 2 is 1.96 bits per heavy atom. The van der Waals surface area contributed by atoms with E-state index in [1.807, 2.05) is 30.3 Å². The first-order valence-corrected chi connectivity index (χ1v) is 9.73. The third-order valence-corrected chi connectivity index (χ3v) is 5.46. The van der Waals surface area contributed by atoms with Gasteiger partial charge in [-0.3, -0.25) is 9.69 Å². The summed E-state index contributed by atoms with van der Waals surface area (Å²) < 4.78 is 5.52. The van der Waals surface area contributed by atoms with Gasteiger partial charge in [0.15, 0.2) is 0 Å². The third-order valence-electron chi connectivity index (χ3n) is 5.46. The van der Waals surface area contributed by atoms with Gasteiger partial charge in [-0.1, -0.05) is 18.6 Å². The predicted octanol–water partition coefficient (Wildman–Crippen LogP) is 3.31. The average molecular weight is 380 g/mol. The van der Waals surface area contributed by atoms with Crippen LogP contribution in [0, 0.1) is 0 Å². The quantitative estimate of drug-likeness (QED) is 0.832. The second-order valence-electron chi connectivity index (χ2n) is 7.39.